The number of hydrogen-bond donors (Lipinski definition) is 8. The summed E-state index contributed by atoms with van der Waals surface area (Å²) >= 11 is 0. The number of amides is 2. The van der Waals surface area contributed by atoms with Crippen LogP contribution in [0.5, 0.6) is 0 Å². The highest BCUT2D eigenvalue weighted by Gasteiger charge is 2.54. The van der Waals surface area contributed by atoms with Gasteiger partial charge in [0.15, 0.2) is 12.6 Å². The maximum absolute atomic E-state index is 12.5. The van der Waals surface area contributed by atoms with Crippen molar-refractivity contribution in [3.63, 3.8) is 0 Å². The topological polar surface area (TPSA) is 394 Å². The molecule has 55 heavy (non-hydrogen) atoms. The van der Waals surface area contributed by atoms with Gasteiger partial charge in [0.25, 0.3) is 0 Å². The molecular formula is C29H48N12O14. The van der Waals surface area contributed by atoms with Crippen LogP contribution in [0.2, 0.25) is 0 Å². The number of rotatable bonds is 10. The second kappa shape index (κ2) is 19.1. The lowest BCUT2D eigenvalue weighted by Gasteiger charge is -2.47. The minimum Gasteiger partial charge on any atom is -0.444 e. The molecule has 8 N–H and O–H groups in total. The fraction of sp³-hybridized carbons (Fsp3) is 0.897. The second-order valence-electron chi connectivity index (χ2n) is 14.8. The number of aliphatic imine (C=N–C) groups is 1. The molecule has 3 aliphatic rings. The SMILES string of the molecule is C[C@@H](O)C1O[C@H](O[C@@H]2C(N=[N+]=[N-])C[C@@H](N=[N+]=[N-])C(O)C2O[C@@H]2O[C@H](CN/C(=N\C(=O)OC(C)(C)C)NC(=O)OC(C)(C)C)C(O)C2O)C(N=[N+]=[N-])C(O)[C@@H]1O. The molecule has 8 unspecified atom stereocenters. The minimum atomic E-state index is -1.86. The van der Waals surface area contributed by atoms with Crippen LogP contribution in [0.3, 0.4) is 0 Å². The number of ether oxygens (including phenoxy) is 6. The summed E-state index contributed by atoms with van der Waals surface area (Å²) in [5, 5.41) is 80.2. The van der Waals surface area contributed by atoms with Crippen molar-refractivity contribution in [2.45, 2.75) is 158 Å². The third-order valence-corrected chi connectivity index (χ3v) is 8.17. The molecule has 2 saturated heterocycles. The molecule has 3 rings (SSSR count). The highest BCUT2D eigenvalue weighted by atomic mass is 16.7. The van der Waals surface area contributed by atoms with Crippen LogP contribution in [0, 0.1) is 0 Å². The highest BCUT2D eigenvalue weighted by Crippen LogP contribution is 2.36. The minimum absolute atomic E-state index is 0.336. The van der Waals surface area contributed by atoms with Gasteiger partial charge in [0, 0.05) is 21.3 Å². The Morgan fingerprint density at radius 2 is 1.36 bits per heavy atom. The van der Waals surface area contributed by atoms with Gasteiger partial charge in [-0.1, -0.05) is 15.3 Å². The molecule has 26 nitrogen and oxygen atoms in total. The number of aliphatic hydroxyl groups excluding tert-OH is 6. The van der Waals surface area contributed by atoms with E-state index in [9.17, 15) is 45.8 Å². The van der Waals surface area contributed by atoms with E-state index in [4.69, 9.17) is 39.5 Å². The van der Waals surface area contributed by atoms with E-state index in [1.807, 2.05) is 0 Å². The third-order valence-electron chi connectivity index (χ3n) is 8.17. The molecule has 0 spiro atoms. The number of hydrogen-bond acceptors (Lipinski definition) is 17. The van der Waals surface area contributed by atoms with E-state index >= 15 is 0 Å². The van der Waals surface area contributed by atoms with Crippen molar-refractivity contribution in [3.05, 3.63) is 31.3 Å². The van der Waals surface area contributed by atoms with Gasteiger partial charge in [-0.15, -0.1) is 4.99 Å². The lowest BCUT2D eigenvalue weighted by atomic mass is 9.84. The smallest absolute Gasteiger partial charge is 0.437 e. The molecule has 2 amide bonds. The summed E-state index contributed by atoms with van der Waals surface area (Å²) in [7, 11) is 0. The summed E-state index contributed by atoms with van der Waals surface area (Å²) in [5.74, 6) is -0.478. The number of guanidine groups is 1. The molecule has 0 radical (unpaired) electrons. The third kappa shape index (κ3) is 12.4. The zero-order chi connectivity index (χ0) is 41.4. The molecule has 0 bridgehead atoms. The molecule has 0 aromatic heterocycles. The first kappa shape index (κ1) is 45.1. The van der Waals surface area contributed by atoms with E-state index in [0.29, 0.717) is 0 Å². The largest absolute Gasteiger partial charge is 0.444 e. The van der Waals surface area contributed by atoms with Gasteiger partial charge in [-0.3, -0.25) is 5.32 Å². The van der Waals surface area contributed by atoms with Crippen LogP contribution in [-0.4, -0.2) is 158 Å². The van der Waals surface area contributed by atoms with E-state index in [1.165, 1.54) is 6.92 Å². The molecule has 1 saturated carbocycles. The molecule has 2 heterocycles. The molecule has 1 aliphatic carbocycles. The monoisotopic (exact) mass is 788 g/mol. The number of carbonyl (C=O) groups is 2. The quantitative estimate of drug-likeness (QED) is 0.0483. The molecule has 0 aromatic carbocycles. The van der Waals surface area contributed by atoms with Crippen molar-refractivity contribution < 1.29 is 68.6 Å². The predicted molar refractivity (Wildman–Crippen MR) is 183 cm³/mol. The number of nitrogens with zero attached hydrogens (tertiary/aromatic N) is 10. The molecule has 26 heteroatoms. The van der Waals surface area contributed by atoms with Crippen molar-refractivity contribution >= 4 is 18.1 Å². The Morgan fingerprint density at radius 1 is 0.782 bits per heavy atom. The summed E-state index contributed by atoms with van der Waals surface area (Å²) in [4.78, 5) is 36.8. The van der Waals surface area contributed by atoms with Crippen molar-refractivity contribution in [1.29, 1.82) is 0 Å². The van der Waals surface area contributed by atoms with Gasteiger partial charge in [0.1, 0.15) is 53.9 Å². The summed E-state index contributed by atoms with van der Waals surface area (Å²) in [5.41, 5.74) is 25.8. The number of alkyl carbamates (subject to hydrolysis) is 1. The number of azide groups is 3. The van der Waals surface area contributed by atoms with Gasteiger partial charge in [-0.05, 0) is 71.5 Å². The Bertz CT molecular complexity index is 1520. The van der Waals surface area contributed by atoms with Gasteiger partial charge in [-0.25, -0.2) is 9.59 Å². The van der Waals surface area contributed by atoms with E-state index in [-0.39, 0.29) is 6.42 Å². The van der Waals surface area contributed by atoms with Gasteiger partial charge in [0.05, 0.1) is 36.5 Å². The summed E-state index contributed by atoms with van der Waals surface area (Å²) in [6.07, 6.45) is -22.6. The van der Waals surface area contributed by atoms with Crippen LogP contribution in [-0.2, 0) is 28.4 Å². The van der Waals surface area contributed by atoms with E-state index in [2.05, 4.69) is 45.7 Å². The predicted octanol–water partition coefficient (Wildman–Crippen LogP) is 0.238. The summed E-state index contributed by atoms with van der Waals surface area (Å²) < 4.78 is 33.7. The highest BCUT2D eigenvalue weighted by molar-refractivity contribution is 5.98. The summed E-state index contributed by atoms with van der Waals surface area (Å²) in [6, 6.07) is -4.33. The van der Waals surface area contributed by atoms with Crippen LogP contribution in [0.1, 0.15) is 54.9 Å². The van der Waals surface area contributed by atoms with E-state index < -0.39 is 128 Å². The van der Waals surface area contributed by atoms with Crippen LogP contribution in [0.25, 0.3) is 31.3 Å². The van der Waals surface area contributed by atoms with E-state index in [1.54, 1.807) is 41.5 Å². The van der Waals surface area contributed by atoms with Crippen molar-refractivity contribution in [2.24, 2.45) is 20.3 Å². The number of carbonyl (C=O) groups excluding carboxylic acids is 2. The average molecular weight is 789 g/mol. The number of nitrogens with one attached hydrogen (secondary N) is 2. The van der Waals surface area contributed by atoms with Crippen LogP contribution in [0.15, 0.2) is 20.3 Å². The standard InChI is InChI=1S/C29H48N12O14/c1-10(42)20-18(46)17(45)14(38-41-32)23(51-20)52-21-12(37-40-31)8-11(36-39-30)15(43)22(21)53-24-19(47)16(44)13(50-24)9-33-25(34-26(48)54-28(2,3)4)35-27(49)55-29(5,6)7/h10-24,42-47H,8-9H2,1-7H3,(H2,33,34,35,48,49)/t10-,11-,12?,13-,14?,15?,16?,17?,18+,19?,20?,21-,22?,23-,24+/m1/s1. The van der Waals surface area contributed by atoms with Crippen molar-refractivity contribution in [3.8, 4) is 0 Å². The Balaban J connectivity index is 1.91. The lowest BCUT2D eigenvalue weighted by molar-refractivity contribution is -0.315. The molecule has 3 fully saturated rings. The first-order valence-corrected chi connectivity index (χ1v) is 17.0. The van der Waals surface area contributed by atoms with Crippen molar-refractivity contribution in [1.82, 2.24) is 10.6 Å². The van der Waals surface area contributed by atoms with Gasteiger partial charge < -0.3 is 64.4 Å². The average Bonchev–Trinajstić information content (AvgIpc) is 3.32. The maximum Gasteiger partial charge on any atom is 0.437 e. The Hall–Kier alpha value is -4.26. The molecule has 15 atom stereocenters. The molecule has 0 aromatic rings. The zero-order valence-corrected chi connectivity index (χ0v) is 31.0. The van der Waals surface area contributed by atoms with Gasteiger partial charge in [0.2, 0.25) is 5.96 Å². The van der Waals surface area contributed by atoms with E-state index in [0.717, 1.165) is 0 Å². The van der Waals surface area contributed by atoms with Crippen LogP contribution >= 0.6 is 0 Å². The lowest BCUT2D eigenvalue weighted by Crippen LogP contribution is -2.64. The summed E-state index contributed by atoms with van der Waals surface area (Å²) in [6.45, 7) is 10.3. The zero-order valence-electron chi connectivity index (χ0n) is 31.0. The van der Waals surface area contributed by atoms with Crippen LogP contribution in [0.4, 0.5) is 9.59 Å². The molecular weight excluding hydrogens is 740 g/mol. The second-order valence-corrected chi connectivity index (χ2v) is 14.8. The Labute approximate surface area is 313 Å². The first-order chi connectivity index (χ1) is 25.6. The first-order valence-electron chi connectivity index (χ1n) is 17.0. The fourth-order valence-corrected chi connectivity index (χ4v) is 5.80. The molecule has 308 valence electrons. The maximum atomic E-state index is 12.5. The van der Waals surface area contributed by atoms with Gasteiger partial charge >= 0.3 is 12.2 Å². The van der Waals surface area contributed by atoms with Gasteiger partial charge in [-0.2, -0.15) is 0 Å². The Kier molecular flexibility index (Phi) is 15.6. The molecule has 2 aliphatic heterocycles. The van der Waals surface area contributed by atoms with Crippen molar-refractivity contribution in [2.75, 3.05) is 6.54 Å². The fourth-order valence-electron chi connectivity index (χ4n) is 5.80. The van der Waals surface area contributed by atoms with Crippen LogP contribution < -0.4 is 10.6 Å². The number of aliphatic hydroxyl groups is 6. The normalized spacial score (nSPS) is 35.9. The Morgan fingerprint density at radius 3 is 1.93 bits per heavy atom.